The number of carbonyl (C=O) groups excluding carboxylic acids is 1. The molecule has 0 bridgehead atoms. The molecule has 0 saturated heterocycles. The van der Waals surface area contributed by atoms with Crippen LogP contribution in [0.4, 0.5) is 0 Å². The summed E-state index contributed by atoms with van der Waals surface area (Å²) in [5, 5.41) is 3.81. The normalized spacial score (nSPS) is 17.9. The van der Waals surface area contributed by atoms with Gasteiger partial charge in [0, 0.05) is 5.33 Å². The molecule has 0 aromatic carbocycles. The van der Waals surface area contributed by atoms with Gasteiger partial charge < -0.3 is 5.32 Å². The van der Waals surface area contributed by atoms with Crippen LogP contribution in [0.2, 0.25) is 8.67 Å². The van der Waals surface area contributed by atoms with Crippen molar-refractivity contribution in [3.63, 3.8) is 0 Å². The Hall–Kier alpha value is 0.230. The van der Waals surface area contributed by atoms with Crippen molar-refractivity contribution in [2.45, 2.75) is 24.8 Å². The third-order valence-corrected chi connectivity index (χ3v) is 5.41. The predicted octanol–water partition coefficient (Wildman–Crippen LogP) is 4.10. The maximum atomic E-state index is 12.0. The van der Waals surface area contributed by atoms with Gasteiger partial charge in [-0.15, -0.1) is 11.3 Å². The van der Waals surface area contributed by atoms with E-state index in [0.717, 1.165) is 24.6 Å². The molecule has 1 aromatic heterocycles. The second-order valence-corrected chi connectivity index (χ2v) is 6.81. The Labute approximate surface area is 116 Å². The Morgan fingerprint density at radius 1 is 1.56 bits per heavy atom. The smallest absolute Gasteiger partial charge is 0.254 e. The van der Waals surface area contributed by atoms with Crippen LogP contribution in [0.15, 0.2) is 6.07 Å². The summed E-state index contributed by atoms with van der Waals surface area (Å²) < 4.78 is 0.989. The molecule has 0 radical (unpaired) electrons. The van der Waals surface area contributed by atoms with Gasteiger partial charge in [0.05, 0.1) is 15.4 Å². The minimum Gasteiger partial charge on any atom is -0.346 e. The topological polar surface area (TPSA) is 29.1 Å². The van der Waals surface area contributed by atoms with Crippen LogP contribution in [0.1, 0.15) is 29.6 Å². The van der Waals surface area contributed by atoms with Crippen LogP contribution in [0, 0.1) is 0 Å². The second-order valence-electron chi connectivity index (χ2n) is 3.96. The lowest BCUT2D eigenvalue weighted by Gasteiger charge is -2.41. The van der Waals surface area contributed by atoms with Gasteiger partial charge in [0.1, 0.15) is 4.34 Å². The summed E-state index contributed by atoms with van der Waals surface area (Å²) in [5.41, 5.74) is 0.387. The maximum absolute atomic E-state index is 12.0. The molecule has 1 heterocycles. The first kappa shape index (κ1) is 12.7. The molecule has 6 heteroatoms. The average Bonchev–Trinajstić information content (AvgIpc) is 2.51. The van der Waals surface area contributed by atoms with E-state index in [-0.39, 0.29) is 11.4 Å². The van der Waals surface area contributed by atoms with Gasteiger partial charge in [0.15, 0.2) is 0 Å². The van der Waals surface area contributed by atoms with E-state index < -0.39 is 0 Å². The van der Waals surface area contributed by atoms with Crippen LogP contribution in [0.25, 0.3) is 0 Å². The monoisotopic (exact) mass is 341 g/mol. The number of rotatable bonds is 3. The van der Waals surface area contributed by atoms with E-state index in [4.69, 9.17) is 23.2 Å². The fourth-order valence-corrected chi connectivity index (χ4v) is 3.86. The fourth-order valence-electron chi connectivity index (χ4n) is 1.70. The molecule has 0 spiro atoms. The Bertz CT molecular complexity index is 411. The largest absolute Gasteiger partial charge is 0.346 e. The highest BCUT2D eigenvalue weighted by molar-refractivity contribution is 9.09. The number of hydrogen-bond donors (Lipinski definition) is 1. The zero-order chi connectivity index (χ0) is 11.8. The van der Waals surface area contributed by atoms with Crippen LogP contribution in [0.3, 0.4) is 0 Å². The molecule has 16 heavy (non-hydrogen) atoms. The molecule has 1 aliphatic rings. The highest BCUT2D eigenvalue weighted by Crippen LogP contribution is 2.35. The van der Waals surface area contributed by atoms with Gasteiger partial charge in [0.25, 0.3) is 5.91 Å². The molecule has 0 unspecified atom stereocenters. The Morgan fingerprint density at radius 3 is 2.62 bits per heavy atom. The summed E-state index contributed by atoms with van der Waals surface area (Å²) in [5.74, 6) is -0.132. The Morgan fingerprint density at radius 2 is 2.25 bits per heavy atom. The number of alkyl halides is 1. The molecule has 1 fully saturated rings. The third kappa shape index (κ3) is 2.40. The average molecular weight is 343 g/mol. The standard InChI is InChI=1S/C10H10BrCl2NOS/c11-5-10(2-1-3-10)14-9(15)6-4-7(12)16-8(6)13/h4H,1-3,5H2,(H,14,15). The first-order chi connectivity index (χ1) is 7.56. The van der Waals surface area contributed by atoms with Crippen molar-refractivity contribution in [3.8, 4) is 0 Å². The summed E-state index contributed by atoms with van der Waals surface area (Å²) in [4.78, 5) is 12.0. The molecular weight excluding hydrogens is 333 g/mol. The van der Waals surface area contributed by atoms with Crippen molar-refractivity contribution in [3.05, 3.63) is 20.3 Å². The molecule has 1 amide bonds. The molecular formula is C10H10BrCl2NOS. The van der Waals surface area contributed by atoms with Gasteiger partial charge in [-0.1, -0.05) is 39.1 Å². The lowest BCUT2D eigenvalue weighted by molar-refractivity contribution is 0.0857. The van der Waals surface area contributed by atoms with Crippen LogP contribution in [0.5, 0.6) is 0 Å². The van der Waals surface area contributed by atoms with E-state index in [9.17, 15) is 4.79 Å². The van der Waals surface area contributed by atoms with Gasteiger partial charge in [-0.25, -0.2) is 0 Å². The zero-order valence-corrected chi connectivity index (χ0v) is 12.3. The summed E-state index contributed by atoms with van der Waals surface area (Å²) in [6, 6.07) is 1.62. The van der Waals surface area contributed by atoms with Crippen molar-refractivity contribution in [2.24, 2.45) is 0 Å². The molecule has 1 N–H and O–H groups in total. The molecule has 1 aliphatic carbocycles. The predicted molar refractivity (Wildman–Crippen MR) is 72.2 cm³/mol. The van der Waals surface area contributed by atoms with E-state index in [2.05, 4.69) is 21.2 Å². The highest BCUT2D eigenvalue weighted by atomic mass is 79.9. The van der Waals surface area contributed by atoms with Gasteiger partial charge in [0.2, 0.25) is 0 Å². The number of halogens is 3. The van der Waals surface area contributed by atoms with Gasteiger partial charge >= 0.3 is 0 Å². The molecule has 1 saturated carbocycles. The molecule has 1 aromatic rings. The number of amides is 1. The van der Waals surface area contributed by atoms with Crippen LogP contribution < -0.4 is 5.32 Å². The van der Waals surface area contributed by atoms with E-state index in [1.807, 2.05) is 0 Å². The summed E-state index contributed by atoms with van der Waals surface area (Å²) in [6.45, 7) is 0. The Balaban J connectivity index is 2.11. The van der Waals surface area contributed by atoms with Crippen LogP contribution in [-0.2, 0) is 0 Å². The number of carbonyl (C=O) groups is 1. The quantitative estimate of drug-likeness (QED) is 0.823. The van der Waals surface area contributed by atoms with Crippen molar-refractivity contribution in [1.29, 1.82) is 0 Å². The third-order valence-electron chi connectivity index (χ3n) is 2.85. The summed E-state index contributed by atoms with van der Waals surface area (Å²) >= 11 is 16.4. The highest BCUT2D eigenvalue weighted by Gasteiger charge is 2.37. The molecule has 0 atom stereocenters. The van der Waals surface area contributed by atoms with Gasteiger partial charge in [-0.3, -0.25) is 4.79 Å². The van der Waals surface area contributed by atoms with Crippen LogP contribution in [-0.4, -0.2) is 16.8 Å². The number of thiophene rings is 1. The van der Waals surface area contributed by atoms with E-state index in [0.29, 0.717) is 14.2 Å². The first-order valence-electron chi connectivity index (χ1n) is 4.90. The fraction of sp³-hybridized carbons (Fsp3) is 0.500. The van der Waals surface area contributed by atoms with Gasteiger partial charge in [-0.05, 0) is 25.3 Å². The maximum Gasteiger partial charge on any atom is 0.254 e. The molecule has 0 aliphatic heterocycles. The summed E-state index contributed by atoms with van der Waals surface area (Å²) in [6.07, 6.45) is 3.18. The van der Waals surface area contributed by atoms with Crippen LogP contribution >= 0.6 is 50.5 Å². The van der Waals surface area contributed by atoms with E-state index >= 15 is 0 Å². The lowest BCUT2D eigenvalue weighted by atomic mass is 9.78. The van der Waals surface area contributed by atoms with Gasteiger partial charge in [-0.2, -0.15) is 0 Å². The number of hydrogen-bond acceptors (Lipinski definition) is 2. The summed E-state index contributed by atoms with van der Waals surface area (Å²) in [7, 11) is 0. The molecule has 88 valence electrons. The second kappa shape index (κ2) is 4.84. The van der Waals surface area contributed by atoms with E-state index in [1.165, 1.54) is 11.3 Å². The molecule has 2 rings (SSSR count). The minimum absolute atomic E-state index is 0.0885. The van der Waals surface area contributed by atoms with Crippen molar-refractivity contribution in [2.75, 3.05) is 5.33 Å². The lowest BCUT2D eigenvalue weighted by Crippen LogP contribution is -2.54. The SMILES string of the molecule is O=C(NC1(CBr)CCC1)c1cc(Cl)sc1Cl. The first-order valence-corrected chi connectivity index (χ1v) is 7.59. The molecule has 2 nitrogen and oxygen atoms in total. The van der Waals surface area contributed by atoms with Crippen molar-refractivity contribution >= 4 is 56.4 Å². The zero-order valence-electron chi connectivity index (χ0n) is 8.36. The Kier molecular flexibility index (Phi) is 3.84. The number of nitrogens with one attached hydrogen (secondary N) is 1. The van der Waals surface area contributed by atoms with Crippen molar-refractivity contribution in [1.82, 2.24) is 5.32 Å². The van der Waals surface area contributed by atoms with Crippen molar-refractivity contribution < 1.29 is 4.79 Å². The minimum atomic E-state index is -0.132. The van der Waals surface area contributed by atoms with E-state index in [1.54, 1.807) is 6.07 Å².